The molecular formula is C20H20F3N5O. The van der Waals surface area contributed by atoms with E-state index in [2.05, 4.69) is 20.3 Å². The molecule has 4 rings (SSSR count). The van der Waals surface area contributed by atoms with Crippen LogP contribution in [0.3, 0.4) is 0 Å². The van der Waals surface area contributed by atoms with Crippen LogP contribution in [-0.4, -0.2) is 32.6 Å². The van der Waals surface area contributed by atoms with Crippen LogP contribution in [0.5, 0.6) is 0 Å². The lowest BCUT2D eigenvalue weighted by molar-refractivity contribution is -0.138. The molecule has 1 aliphatic heterocycles. The van der Waals surface area contributed by atoms with Crippen molar-refractivity contribution in [2.24, 2.45) is 0 Å². The number of pyridine rings is 2. The Balaban J connectivity index is 1.92. The van der Waals surface area contributed by atoms with E-state index >= 15 is 0 Å². The molecule has 0 aromatic carbocycles. The van der Waals surface area contributed by atoms with Gasteiger partial charge >= 0.3 is 6.18 Å². The summed E-state index contributed by atoms with van der Waals surface area (Å²) in [7, 11) is 0. The quantitative estimate of drug-likeness (QED) is 0.728. The summed E-state index contributed by atoms with van der Waals surface area (Å²) in [5, 5.41) is 3.27. The van der Waals surface area contributed by atoms with Crippen LogP contribution in [0.15, 0.2) is 35.5 Å². The maximum Gasteiger partial charge on any atom is 0.418 e. The molecule has 9 heteroatoms. The Morgan fingerprint density at radius 1 is 1.14 bits per heavy atom. The first kappa shape index (κ1) is 19.5. The summed E-state index contributed by atoms with van der Waals surface area (Å²) < 4.78 is 41.6. The van der Waals surface area contributed by atoms with E-state index in [4.69, 9.17) is 0 Å². The van der Waals surface area contributed by atoms with Crippen molar-refractivity contribution in [3.63, 3.8) is 0 Å². The molecular weight excluding hydrogens is 383 g/mol. The van der Waals surface area contributed by atoms with Gasteiger partial charge in [-0.05, 0) is 56.5 Å². The van der Waals surface area contributed by atoms with Gasteiger partial charge in [0.15, 0.2) is 5.65 Å². The Morgan fingerprint density at radius 2 is 1.86 bits per heavy atom. The zero-order valence-electron chi connectivity index (χ0n) is 15.8. The van der Waals surface area contributed by atoms with Crippen LogP contribution >= 0.6 is 0 Å². The van der Waals surface area contributed by atoms with E-state index in [0.29, 0.717) is 11.1 Å². The highest BCUT2D eigenvalue weighted by molar-refractivity contribution is 5.75. The minimum absolute atomic E-state index is 0.0345. The van der Waals surface area contributed by atoms with Crippen molar-refractivity contribution in [2.45, 2.75) is 38.4 Å². The maximum absolute atomic E-state index is 13.4. The van der Waals surface area contributed by atoms with E-state index in [1.165, 1.54) is 29.2 Å². The number of aryl methyl sites for hydroxylation is 1. The number of nitrogens with one attached hydrogen (secondary N) is 1. The molecule has 0 bridgehead atoms. The fourth-order valence-electron chi connectivity index (χ4n) is 4.03. The van der Waals surface area contributed by atoms with E-state index in [1.807, 2.05) is 6.92 Å². The molecule has 4 heterocycles. The van der Waals surface area contributed by atoms with Gasteiger partial charge in [-0.3, -0.25) is 19.3 Å². The number of hydrogen-bond donors (Lipinski definition) is 1. The van der Waals surface area contributed by atoms with Crippen molar-refractivity contribution in [1.82, 2.24) is 24.8 Å². The molecule has 29 heavy (non-hydrogen) atoms. The molecule has 0 radical (unpaired) electrons. The number of aromatic nitrogens is 4. The Kier molecular flexibility index (Phi) is 5.08. The zero-order valence-corrected chi connectivity index (χ0v) is 15.8. The number of alkyl halides is 3. The Bertz CT molecular complexity index is 1100. The van der Waals surface area contributed by atoms with Crippen LogP contribution in [0.4, 0.5) is 13.2 Å². The normalized spacial score (nSPS) is 15.7. The van der Waals surface area contributed by atoms with Crippen molar-refractivity contribution in [3.8, 4) is 0 Å². The second kappa shape index (κ2) is 7.55. The molecule has 0 aliphatic carbocycles. The monoisotopic (exact) mass is 403 g/mol. The summed E-state index contributed by atoms with van der Waals surface area (Å²) in [6.07, 6.45) is 1.28. The number of piperidine rings is 1. The summed E-state index contributed by atoms with van der Waals surface area (Å²) in [5.74, 6) is 0.0345. The lowest BCUT2D eigenvalue weighted by Crippen LogP contribution is -2.34. The predicted molar refractivity (Wildman–Crippen MR) is 102 cm³/mol. The van der Waals surface area contributed by atoms with Crippen molar-refractivity contribution < 1.29 is 13.2 Å². The first-order chi connectivity index (χ1) is 13.9. The molecule has 3 aromatic rings. The minimum atomic E-state index is -4.56. The van der Waals surface area contributed by atoms with Crippen LogP contribution in [0.1, 0.15) is 41.1 Å². The summed E-state index contributed by atoms with van der Waals surface area (Å²) in [5.41, 5.74) is 0.780. The topological polar surface area (TPSA) is 72.7 Å². The fraction of sp³-hybridized carbons (Fsp3) is 0.400. The predicted octanol–water partition coefficient (Wildman–Crippen LogP) is 3.03. The molecule has 0 atom stereocenters. The highest BCUT2D eigenvalue weighted by Crippen LogP contribution is 2.32. The van der Waals surface area contributed by atoms with Gasteiger partial charge in [-0.25, -0.2) is 4.98 Å². The molecule has 152 valence electrons. The van der Waals surface area contributed by atoms with Crippen LogP contribution in [0.25, 0.3) is 11.2 Å². The largest absolute Gasteiger partial charge is 0.418 e. The van der Waals surface area contributed by atoms with E-state index in [1.54, 1.807) is 0 Å². The van der Waals surface area contributed by atoms with Gasteiger partial charge in [0.25, 0.3) is 5.56 Å². The number of rotatable bonds is 3. The van der Waals surface area contributed by atoms with Crippen LogP contribution < -0.4 is 10.9 Å². The third kappa shape index (κ3) is 3.62. The van der Waals surface area contributed by atoms with Crippen LogP contribution in [0, 0.1) is 6.92 Å². The van der Waals surface area contributed by atoms with Gasteiger partial charge in [0.1, 0.15) is 5.52 Å². The summed E-state index contributed by atoms with van der Waals surface area (Å²) in [4.78, 5) is 26.0. The number of fused-ring (bicyclic) bond motifs is 1. The second-order valence-electron chi connectivity index (χ2n) is 7.18. The Labute approximate surface area is 164 Å². The molecule has 1 N–H and O–H groups in total. The van der Waals surface area contributed by atoms with E-state index in [9.17, 15) is 18.0 Å². The molecule has 3 aromatic heterocycles. The average molecular weight is 403 g/mol. The van der Waals surface area contributed by atoms with Crippen molar-refractivity contribution >= 4 is 11.2 Å². The molecule has 1 fully saturated rings. The van der Waals surface area contributed by atoms with Gasteiger partial charge in [-0.1, -0.05) is 0 Å². The highest BCUT2D eigenvalue weighted by atomic mass is 19.4. The van der Waals surface area contributed by atoms with Gasteiger partial charge in [0.05, 0.1) is 17.8 Å². The van der Waals surface area contributed by atoms with Crippen molar-refractivity contribution in [2.75, 3.05) is 13.1 Å². The smallest absolute Gasteiger partial charge is 0.317 e. The molecule has 1 aliphatic rings. The first-order valence-electron chi connectivity index (χ1n) is 9.43. The lowest BCUT2D eigenvalue weighted by atomic mass is 9.88. The van der Waals surface area contributed by atoms with Gasteiger partial charge in [0.2, 0.25) is 0 Å². The summed E-state index contributed by atoms with van der Waals surface area (Å²) >= 11 is 0. The number of nitrogens with zero attached hydrogens (tertiary/aromatic N) is 4. The second-order valence-corrected chi connectivity index (χ2v) is 7.18. The standard InChI is InChI=1S/C20H20F3N5O/c1-12-16(13-4-7-24-8-5-13)19(29)28(18-17(12)26-9-10-27-18)11-15-14(20(21,22)23)3-2-6-25-15/h2-3,6,9-10,13,24H,4-5,7-8,11H2,1H3. The number of halogens is 3. The highest BCUT2D eigenvalue weighted by Gasteiger charge is 2.34. The molecule has 6 nitrogen and oxygen atoms in total. The van der Waals surface area contributed by atoms with Gasteiger partial charge in [0, 0.05) is 24.2 Å². The molecule has 0 spiro atoms. The molecule has 1 saturated heterocycles. The Hall–Kier alpha value is -2.81. The first-order valence-corrected chi connectivity index (χ1v) is 9.43. The fourth-order valence-corrected chi connectivity index (χ4v) is 4.03. The Morgan fingerprint density at radius 3 is 2.59 bits per heavy atom. The van der Waals surface area contributed by atoms with E-state index < -0.39 is 11.7 Å². The third-order valence-corrected chi connectivity index (χ3v) is 5.42. The summed E-state index contributed by atoms with van der Waals surface area (Å²) in [6.45, 7) is 3.10. The maximum atomic E-state index is 13.4. The van der Waals surface area contributed by atoms with Crippen LogP contribution in [0.2, 0.25) is 0 Å². The van der Waals surface area contributed by atoms with Crippen molar-refractivity contribution in [1.29, 1.82) is 0 Å². The SMILES string of the molecule is Cc1c(C2CCNCC2)c(=O)n(Cc2ncccc2C(F)(F)F)c2nccnc12. The summed E-state index contributed by atoms with van der Waals surface area (Å²) in [6, 6.07) is 2.21. The van der Waals surface area contributed by atoms with E-state index in [0.717, 1.165) is 37.6 Å². The minimum Gasteiger partial charge on any atom is -0.317 e. The molecule has 0 amide bonds. The molecule has 0 unspecified atom stereocenters. The van der Waals surface area contributed by atoms with Gasteiger partial charge in [-0.15, -0.1) is 0 Å². The van der Waals surface area contributed by atoms with E-state index in [-0.39, 0.29) is 29.4 Å². The van der Waals surface area contributed by atoms with Crippen molar-refractivity contribution in [3.05, 3.63) is 63.5 Å². The average Bonchev–Trinajstić information content (AvgIpc) is 2.72. The van der Waals surface area contributed by atoms with Crippen LogP contribution in [-0.2, 0) is 12.7 Å². The third-order valence-electron chi connectivity index (χ3n) is 5.42. The molecule has 0 saturated carbocycles. The number of hydrogen-bond acceptors (Lipinski definition) is 5. The van der Waals surface area contributed by atoms with Gasteiger partial charge < -0.3 is 5.32 Å². The zero-order chi connectivity index (χ0) is 20.6. The van der Waals surface area contributed by atoms with Gasteiger partial charge in [-0.2, -0.15) is 13.2 Å². The lowest BCUT2D eigenvalue weighted by Gasteiger charge is -2.25.